The SMILES string of the molecule is Fc1cccc(Cl)c1COc1ccc(-c2cc(C(F)(F)F)c3c(-c4ccc(Cl)cc4)nn(-c4cccc(Cl)c4)c3n2)cc1. The van der Waals surface area contributed by atoms with E-state index in [0.717, 1.165) is 6.07 Å². The highest BCUT2D eigenvalue weighted by atomic mass is 35.5. The van der Waals surface area contributed by atoms with Gasteiger partial charge in [0.25, 0.3) is 0 Å². The molecule has 6 rings (SSSR count). The first kappa shape index (κ1) is 29.0. The lowest BCUT2D eigenvalue weighted by Crippen LogP contribution is -2.08. The molecule has 0 aliphatic carbocycles. The van der Waals surface area contributed by atoms with Gasteiger partial charge in [-0.1, -0.05) is 59.1 Å². The molecule has 0 saturated carbocycles. The van der Waals surface area contributed by atoms with Gasteiger partial charge in [0, 0.05) is 26.7 Å². The summed E-state index contributed by atoms with van der Waals surface area (Å²) < 4.78 is 65.2. The fourth-order valence-corrected chi connectivity index (χ4v) is 5.16. The van der Waals surface area contributed by atoms with E-state index >= 15 is 0 Å². The maximum atomic E-state index is 14.7. The molecule has 6 aromatic rings. The second-order valence-electron chi connectivity index (χ2n) is 9.51. The summed E-state index contributed by atoms with van der Waals surface area (Å²) in [4.78, 5) is 4.66. The average molecular weight is 643 g/mol. The monoisotopic (exact) mass is 641 g/mol. The van der Waals surface area contributed by atoms with Crippen LogP contribution in [-0.2, 0) is 12.8 Å². The predicted octanol–water partition coefficient (Wildman–Crippen LogP) is 10.5. The van der Waals surface area contributed by atoms with Gasteiger partial charge in [0.2, 0.25) is 0 Å². The van der Waals surface area contributed by atoms with Crippen LogP contribution in [0.1, 0.15) is 11.1 Å². The van der Waals surface area contributed by atoms with Crippen molar-refractivity contribution in [1.29, 1.82) is 0 Å². The molecule has 4 aromatic carbocycles. The van der Waals surface area contributed by atoms with Crippen LogP contribution in [0, 0.1) is 5.82 Å². The summed E-state index contributed by atoms with van der Waals surface area (Å²) in [6, 6.07) is 24.6. The van der Waals surface area contributed by atoms with Crippen molar-refractivity contribution in [2.24, 2.45) is 0 Å². The topological polar surface area (TPSA) is 39.9 Å². The first-order valence-electron chi connectivity index (χ1n) is 12.8. The Morgan fingerprint density at radius 1 is 0.767 bits per heavy atom. The highest BCUT2D eigenvalue weighted by Gasteiger charge is 2.36. The van der Waals surface area contributed by atoms with E-state index in [-0.39, 0.29) is 39.6 Å². The van der Waals surface area contributed by atoms with Crippen molar-refractivity contribution in [2.45, 2.75) is 12.8 Å². The third-order valence-corrected chi connectivity index (χ3v) is 7.55. The zero-order valence-electron chi connectivity index (χ0n) is 21.8. The Balaban J connectivity index is 1.48. The molecule has 0 bridgehead atoms. The molecule has 2 aromatic heterocycles. The van der Waals surface area contributed by atoms with Gasteiger partial charge in [-0.05, 0) is 72.8 Å². The van der Waals surface area contributed by atoms with Gasteiger partial charge in [-0.2, -0.15) is 18.3 Å². The number of hydrogen-bond acceptors (Lipinski definition) is 3. The second kappa shape index (κ2) is 11.5. The largest absolute Gasteiger partial charge is 0.489 e. The van der Waals surface area contributed by atoms with E-state index in [9.17, 15) is 17.6 Å². The Labute approximate surface area is 258 Å². The van der Waals surface area contributed by atoms with Gasteiger partial charge < -0.3 is 4.74 Å². The van der Waals surface area contributed by atoms with Crippen molar-refractivity contribution in [3.8, 4) is 34.0 Å². The van der Waals surface area contributed by atoms with Crippen LogP contribution in [0.2, 0.25) is 15.1 Å². The van der Waals surface area contributed by atoms with Gasteiger partial charge in [0.05, 0.1) is 27.4 Å². The summed E-state index contributed by atoms with van der Waals surface area (Å²) in [5.41, 5.74) is 0.712. The van der Waals surface area contributed by atoms with Crippen molar-refractivity contribution in [3.05, 3.63) is 129 Å². The molecular weight excluding hydrogens is 625 g/mol. The second-order valence-corrected chi connectivity index (χ2v) is 10.8. The minimum Gasteiger partial charge on any atom is -0.489 e. The molecule has 0 saturated heterocycles. The zero-order chi connectivity index (χ0) is 30.3. The van der Waals surface area contributed by atoms with Crippen LogP contribution in [0.3, 0.4) is 0 Å². The van der Waals surface area contributed by atoms with Crippen LogP contribution < -0.4 is 4.74 Å². The molecule has 0 radical (unpaired) electrons. The standard InChI is InChI=1S/C32H18Cl3F4N3O/c33-20-11-7-19(8-12-20)30-29-25(32(37,38)39)16-28(40-31(29)42(41-30)22-4-1-3-21(34)15-22)18-9-13-23(14-10-18)43-17-24-26(35)5-2-6-27(24)36/h1-16H,17H2. The molecule has 43 heavy (non-hydrogen) atoms. The Morgan fingerprint density at radius 3 is 2.14 bits per heavy atom. The summed E-state index contributed by atoms with van der Waals surface area (Å²) in [6.07, 6.45) is -4.73. The summed E-state index contributed by atoms with van der Waals surface area (Å²) in [5.74, 6) is -0.134. The maximum absolute atomic E-state index is 14.7. The number of fused-ring (bicyclic) bond motifs is 1. The third-order valence-electron chi connectivity index (χ3n) is 6.71. The molecule has 216 valence electrons. The van der Waals surface area contributed by atoms with Crippen molar-refractivity contribution in [1.82, 2.24) is 14.8 Å². The lowest BCUT2D eigenvalue weighted by molar-refractivity contribution is -0.136. The van der Waals surface area contributed by atoms with Crippen molar-refractivity contribution >= 4 is 45.8 Å². The van der Waals surface area contributed by atoms with E-state index in [2.05, 4.69) is 10.1 Å². The van der Waals surface area contributed by atoms with E-state index in [4.69, 9.17) is 39.5 Å². The van der Waals surface area contributed by atoms with Gasteiger partial charge >= 0.3 is 6.18 Å². The van der Waals surface area contributed by atoms with E-state index in [1.54, 1.807) is 78.9 Å². The number of ether oxygens (including phenoxy) is 1. The number of hydrogen-bond donors (Lipinski definition) is 0. The molecule has 0 fully saturated rings. The van der Waals surface area contributed by atoms with Crippen molar-refractivity contribution in [3.63, 3.8) is 0 Å². The highest BCUT2D eigenvalue weighted by molar-refractivity contribution is 6.31. The number of nitrogens with zero attached hydrogens (tertiary/aromatic N) is 3. The highest BCUT2D eigenvalue weighted by Crippen LogP contribution is 2.42. The van der Waals surface area contributed by atoms with Crippen LogP contribution in [0.15, 0.2) is 97.1 Å². The summed E-state index contributed by atoms with van der Waals surface area (Å²) in [6.45, 7) is -0.125. The van der Waals surface area contributed by atoms with Crippen LogP contribution in [0.5, 0.6) is 5.75 Å². The molecule has 0 aliphatic rings. The van der Waals surface area contributed by atoms with Crippen molar-refractivity contribution < 1.29 is 22.3 Å². The number of rotatable bonds is 6. The van der Waals surface area contributed by atoms with Crippen LogP contribution in [-0.4, -0.2) is 14.8 Å². The van der Waals surface area contributed by atoms with Gasteiger partial charge in [-0.15, -0.1) is 0 Å². The molecular formula is C32H18Cl3F4N3O. The maximum Gasteiger partial charge on any atom is 0.417 e. The smallest absolute Gasteiger partial charge is 0.417 e. The van der Waals surface area contributed by atoms with Gasteiger partial charge in [-0.3, -0.25) is 0 Å². The first-order chi connectivity index (χ1) is 20.6. The molecule has 2 heterocycles. The third kappa shape index (κ3) is 5.91. The quantitative estimate of drug-likeness (QED) is 0.170. The summed E-state index contributed by atoms with van der Waals surface area (Å²) in [5, 5.41) is 5.46. The fourth-order valence-electron chi connectivity index (χ4n) is 4.63. The predicted molar refractivity (Wildman–Crippen MR) is 161 cm³/mol. The van der Waals surface area contributed by atoms with Gasteiger partial charge in [0.1, 0.15) is 23.9 Å². The number of alkyl halides is 3. The zero-order valence-corrected chi connectivity index (χ0v) is 24.1. The number of halogens is 7. The lowest BCUT2D eigenvalue weighted by Gasteiger charge is -2.13. The fraction of sp³-hybridized carbons (Fsp3) is 0.0625. The van der Waals surface area contributed by atoms with Gasteiger partial charge in [-0.25, -0.2) is 14.1 Å². The minimum atomic E-state index is -4.73. The number of benzene rings is 4. The van der Waals surface area contributed by atoms with E-state index in [1.807, 2.05) is 0 Å². The van der Waals surface area contributed by atoms with Crippen LogP contribution in [0.25, 0.3) is 39.2 Å². The Morgan fingerprint density at radius 2 is 1.47 bits per heavy atom. The average Bonchev–Trinajstić information content (AvgIpc) is 3.36. The van der Waals surface area contributed by atoms with Crippen LogP contribution >= 0.6 is 34.8 Å². The molecule has 0 amide bonds. The summed E-state index contributed by atoms with van der Waals surface area (Å²) in [7, 11) is 0. The molecule has 0 unspecified atom stereocenters. The normalized spacial score (nSPS) is 11.7. The Hall–Kier alpha value is -4.11. The van der Waals surface area contributed by atoms with Gasteiger partial charge in [0.15, 0.2) is 5.65 Å². The molecule has 0 aliphatic heterocycles. The van der Waals surface area contributed by atoms with Crippen molar-refractivity contribution in [2.75, 3.05) is 0 Å². The molecule has 0 atom stereocenters. The molecule has 11 heteroatoms. The Bertz CT molecular complexity index is 1940. The Kier molecular flexibility index (Phi) is 7.77. The van der Waals surface area contributed by atoms with E-state index in [0.29, 0.717) is 32.6 Å². The lowest BCUT2D eigenvalue weighted by atomic mass is 10.0. The molecule has 0 spiro atoms. The molecule has 4 nitrogen and oxygen atoms in total. The number of pyridine rings is 1. The minimum absolute atomic E-state index is 0.00781. The molecule has 0 N–H and O–H groups in total. The van der Waals surface area contributed by atoms with Crippen LogP contribution in [0.4, 0.5) is 17.6 Å². The number of aromatic nitrogens is 3. The van der Waals surface area contributed by atoms with E-state index < -0.39 is 17.6 Å². The first-order valence-corrected chi connectivity index (χ1v) is 13.9. The summed E-state index contributed by atoms with van der Waals surface area (Å²) >= 11 is 18.3. The van der Waals surface area contributed by atoms with E-state index in [1.165, 1.54) is 16.8 Å².